The number of fused-ring (bicyclic) bond motifs is 2. The zero-order valence-electron chi connectivity index (χ0n) is 20.7. The number of anilines is 1. The Labute approximate surface area is 222 Å². The molecule has 10 heteroatoms. The number of rotatable bonds is 5. The normalized spacial score (nSPS) is 14.0. The molecule has 9 nitrogen and oxygen atoms in total. The van der Waals surface area contributed by atoms with Gasteiger partial charge >= 0.3 is 0 Å². The summed E-state index contributed by atoms with van der Waals surface area (Å²) in [6.07, 6.45) is 11.2. The first-order valence-corrected chi connectivity index (χ1v) is 13.5. The highest BCUT2D eigenvalue weighted by atomic mass is 32.1. The topological polar surface area (TPSA) is 114 Å². The number of carbonyl (C=O) groups excluding carboxylic acids is 1. The first kappa shape index (κ1) is 22.7. The maximum Gasteiger partial charge on any atom is 0.227 e. The maximum absolute atomic E-state index is 12.6. The molecule has 1 saturated carbocycles. The number of nitrogens with zero attached hydrogens (tertiary/aromatic N) is 6. The molecule has 38 heavy (non-hydrogen) atoms. The Morgan fingerprint density at radius 3 is 2.76 bits per heavy atom. The van der Waals surface area contributed by atoms with Crippen LogP contribution in [-0.2, 0) is 11.8 Å². The van der Waals surface area contributed by atoms with Gasteiger partial charge in [-0.15, -0.1) is 0 Å². The van der Waals surface area contributed by atoms with Crippen LogP contribution in [0.25, 0.3) is 56.0 Å². The van der Waals surface area contributed by atoms with Gasteiger partial charge in [-0.05, 0) is 42.5 Å². The molecule has 0 bridgehead atoms. The summed E-state index contributed by atoms with van der Waals surface area (Å²) < 4.78 is 1.76. The molecule has 1 fully saturated rings. The molecule has 0 aromatic carbocycles. The van der Waals surface area contributed by atoms with Crippen molar-refractivity contribution in [1.82, 2.24) is 34.7 Å². The third kappa shape index (κ3) is 3.93. The second kappa shape index (κ2) is 9.14. The molecular weight excluding hydrogens is 496 g/mol. The third-order valence-electron chi connectivity index (χ3n) is 7.16. The average Bonchev–Trinajstić information content (AvgIpc) is 3.75. The summed E-state index contributed by atoms with van der Waals surface area (Å²) in [5.41, 5.74) is 7.49. The molecule has 0 atom stereocenters. The number of imidazole rings is 1. The van der Waals surface area contributed by atoms with E-state index in [4.69, 9.17) is 15.1 Å². The van der Waals surface area contributed by atoms with Crippen molar-refractivity contribution in [2.45, 2.75) is 25.7 Å². The van der Waals surface area contributed by atoms with Crippen LogP contribution < -0.4 is 5.32 Å². The lowest BCUT2D eigenvalue weighted by Gasteiger charge is -2.11. The summed E-state index contributed by atoms with van der Waals surface area (Å²) in [5.74, 6) is 0.824. The Kier molecular flexibility index (Phi) is 5.47. The Hall–Kier alpha value is -4.44. The number of amides is 1. The lowest BCUT2D eigenvalue weighted by Crippen LogP contribution is -2.20. The Balaban J connectivity index is 1.27. The van der Waals surface area contributed by atoms with Crippen molar-refractivity contribution in [3.8, 4) is 33.9 Å². The van der Waals surface area contributed by atoms with Gasteiger partial charge in [0, 0.05) is 53.6 Å². The van der Waals surface area contributed by atoms with E-state index in [1.807, 2.05) is 36.8 Å². The maximum atomic E-state index is 12.6. The van der Waals surface area contributed by atoms with Gasteiger partial charge in [-0.3, -0.25) is 14.8 Å². The van der Waals surface area contributed by atoms with E-state index in [0.717, 1.165) is 70.1 Å². The van der Waals surface area contributed by atoms with Gasteiger partial charge in [0.25, 0.3) is 0 Å². The molecule has 1 amide bonds. The molecule has 0 spiro atoms. The van der Waals surface area contributed by atoms with Gasteiger partial charge in [-0.25, -0.2) is 14.6 Å². The number of aromatic amines is 1. The lowest BCUT2D eigenvalue weighted by atomic mass is 10.1. The van der Waals surface area contributed by atoms with Gasteiger partial charge in [0.15, 0.2) is 11.5 Å². The fraction of sp³-hybridized carbons (Fsp3) is 0.214. The number of aryl methyl sites for hydroxylation is 1. The van der Waals surface area contributed by atoms with Crippen molar-refractivity contribution in [3.05, 3.63) is 59.8 Å². The molecule has 1 aliphatic rings. The number of aromatic nitrogens is 7. The minimum absolute atomic E-state index is 0.0748. The lowest BCUT2D eigenvalue weighted by molar-refractivity contribution is -0.119. The largest absolute Gasteiger partial charge is 0.336 e. The van der Waals surface area contributed by atoms with Crippen LogP contribution in [-0.4, -0.2) is 40.6 Å². The predicted molar refractivity (Wildman–Crippen MR) is 149 cm³/mol. The molecular formula is C28H24N8OS. The van der Waals surface area contributed by atoms with Crippen molar-refractivity contribution >= 4 is 45.0 Å². The number of carbonyl (C=O) groups is 1. The summed E-state index contributed by atoms with van der Waals surface area (Å²) in [4.78, 5) is 34.6. The molecule has 2 N–H and O–H groups in total. The Morgan fingerprint density at radius 1 is 1.05 bits per heavy atom. The molecule has 6 aromatic rings. The van der Waals surface area contributed by atoms with Crippen LogP contribution in [0.2, 0.25) is 0 Å². The molecule has 7 rings (SSSR count). The van der Waals surface area contributed by atoms with Crippen LogP contribution in [0.1, 0.15) is 25.7 Å². The van der Waals surface area contributed by atoms with E-state index in [9.17, 15) is 4.79 Å². The second-order valence-corrected chi connectivity index (χ2v) is 10.4. The van der Waals surface area contributed by atoms with Crippen LogP contribution >= 0.6 is 11.3 Å². The summed E-state index contributed by atoms with van der Waals surface area (Å²) in [7, 11) is 1.88. The van der Waals surface area contributed by atoms with Crippen LogP contribution in [0, 0.1) is 5.92 Å². The SMILES string of the molecule is Cn1nc(-c2nc3c(-c4ccsc4)nccc3[nH]2)c2cc(-c3cncc(NC(=O)C4CCCC4)c3)cnc21. The van der Waals surface area contributed by atoms with Crippen LogP contribution in [0.15, 0.2) is 59.8 Å². The quantitative estimate of drug-likeness (QED) is 0.296. The number of hydrogen-bond acceptors (Lipinski definition) is 7. The fourth-order valence-corrected chi connectivity index (χ4v) is 5.87. The fourth-order valence-electron chi connectivity index (χ4n) is 5.23. The Morgan fingerprint density at radius 2 is 1.92 bits per heavy atom. The van der Waals surface area contributed by atoms with E-state index in [1.165, 1.54) is 0 Å². The minimum atomic E-state index is 0.0748. The van der Waals surface area contributed by atoms with Gasteiger partial charge in [0.05, 0.1) is 28.5 Å². The van der Waals surface area contributed by atoms with Gasteiger partial charge < -0.3 is 10.3 Å². The van der Waals surface area contributed by atoms with Crippen molar-refractivity contribution in [3.63, 3.8) is 0 Å². The monoisotopic (exact) mass is 520 g/mol. The van der Waals surface area contributed by atoms with Gasteiger partial charge in [-0.2, -0.15) is 16.4 Å². The zero-order chi connectivity index (χ0) is 25.6. The van der Waals surface area contributed by atoms with Crippen molar-refractivity contribution in [1.29, 1.82) is 0 Å². The van der Waals surface area contributed by atoms with E-state index in [2.05, 4.69) is 31.7 Å². The standard InChI is InChI=1S/C28H24N8OS/c1-36-27-21(24(35-36)26-33-22-6-8-30-23(25(22)34-26)17-7-9-38-15-17)11-19(13-31-27)18-10-20(14-29-12-18)32-28(37)16-4-2-3-5-16/h6-16H,2-5H2,1H3,(H,32,37)(H,33,34). The highest BCUT2D eigenvalue weighted by Crippen LogP contribution is 2.33. The number of hydrogen-bond donors (Lipinski definition) is 2. The zero-order valence-corrected chi connectivity index (χ0v) is 21.5. The van der Waals surface area contributed by atoms with Gasteiger partial charge in [0.1, 0.15) is 11.2 Å². The van der Waals surface area contributed by atoms with E-state index in [-0.39, 0.29) is 11.8 Å². The summed E-state index contributed by atoms with van der Waals surface area (Å²) >= 11 is 1.63. The Bertz CT molecular complexity index is 1800. The van der Waals surface area contributed by atoms with E-state index >= 15 is 0 Å². The molecule has 0 aliphatic heterocycles. The summed E-state index contributed by atoms with van der Waals surface area (Å²) in [6.45, 7) is 0. The highest BCUT2D eigenvalue weighted by Gasteiger charge is 2.23. The predicted octanol–water partition coefficient (Wildman–Crippen LogP) is 5.83. The van der Waals surface area contributed by atoms with Crippen molar-refractivity contribution in [2.24, 2.45) is 13.0 Å². The van der Waals surface area contributed by atoms with Crippen LogP contribution in [0.3, 0.4) is 0 Å². The van der Waals surface area contributed by atoms with E-state index in [1.54, 1.807) is 34.6 Å². The van der Waals surface area contributed by atoms with Crippen LogP contribution in [0.5, 0.6) is 0 Å². The number of nitrogens with one attached hydrogen (secondary N) is 2. The average molecular weight is 521 g/mol. The van der Waals surface area contributed by atoms with Gasteiger partial charge in [-0.1, -0.05) is 12.8 Å². The van der Waals surface area contributed by atoms with E-state index in [0.29, 0.717) is 17.2 Å². The van der Waals surface area contributed by atoms with Crippen molar-refractivity contribution in [2.75, 3.05) is 5.32 Å². The second-order valence-electron chi connectivity index (χ2n) is 9.65. The smallest absolute Gasteiger partial charge is 0.227 e. The first-order chi connectivity index (χ1) is 18.6. The minimum Gasteiger partial charge on any atom is -0.336 e. The highest BCUT2D eigenvalue weighted by molar-refractivity contribution is 7.08. The molecule has 0 unspecified atom stereocenters. The molecule has 1 aliphatic carbocycles. The summed E-state index contributed by atoms with van der Waals surface area (Å²) in [6, 6.07) is 7.97. The molecule has 6 aromatic heterocycles. The molecule has 0 saturated heterocycles. The molecule has 6 heterocycles. The number of H-pyrrole nitrogens is 1. The number of thiophene rings is 1. The first-order valence-electron chi connectivity index (χ1n) is 12.6. The number of pyridine rings is 3. The van der Waals surface area contributed by atoms with Crippen LogP contribution in [0.4, 0.5) is 5.69 Å². The van der Waals surface area contributed by atoms with Crippen molar-refractivity contribution < 1.29 is 4.79 Å². The molecule has 0 radical (unpaired) electrons. The third-order valence-corrected chi connectivity index (χ3v) is 7.85. The van der Waals surface area contributed by atoms with Gasteiger partial charge in [0.2, 0.25) is 5.91 Å². The summed E-state index contributed by atoms with van der Waals surface area (Å²) in [5, 5.41) is 12.8. The molecule has 188 valence electrons. The van der Waals surface area contributed by atoms with E-state index < -0.39 is 0 Å².